The molecule has 2 N–H and O–H groups in total. The maximum absolute atomic E-state index is 6.26. The number of thiophene rings is 1. The first kappa shape index (κ1) is 13.7. The van der Waals surface area contributed by atoms with Crippen molar-refractivity contribution in [2.24, 2.45) is 7.05 Å². The molecule has 3 aromatic rings. The van der Waals surface area contributed by atoms with Gasteiger partial charge in [-0.3, -0.25) is 4.68 Å². The van der Waals surface area contributed by atoms with Gasteiger partial charge in [-0.1, -0.05) is 18.2 Å². The summed E-state index contributed by atoms with van der Waals surface area (Å²) in [5.74, 6) is 1.44. The van der Waals surface area contributed by atoms with E-state index in [0.717, 1.165) is 27.4 Å². The predicted octanol–water partition coefficient (Wildman–Crippen LogP) is 3.71. The number of aromatic nitrogens is 2. The smallest absolute Gasteiger partial charge is 0.130 e. The van der Waals surface area contributed by atoms with Crippen LogP contribution >= 0.6 is 11.3 Å². The molecule has 0 aliphatic heterocycles. The molecule has 0 bridgehead atoms. The van der Waals surface area contributed by atoms with Gasteiger partial charge in [-0.05, 0) is 30.0 Å². The first-order valence-corrected chi connectivity index (χ1v) is 7.51. The van der Waals surface area contributed by atoms with E-state index in [0.29, 0.717) is 5.82 Å². The Morgan fingerprint density at radius 1 is 1.24 bits per heavy atom. The van der Waals surface area contributed by atoms with Gasteiger partial charge < -0.3 is 10.5 Å². The molecule has 0 atom stereocenters. The van der Waals surface area contributed by atoms with Crippen molar-refractivity contribution in [3.05, 3.63) is 41.3 Å². The summed E-state index contributed by atoms with van der Waals surface area (Å²) in [5, 5.41) is 6.68. The van der Waals surface area contributed by atoms with Gasteiger partial charge in [-0.2, -0.15) is 5.10 Å². The van der Waals surface area contributed by atoms with Crippen molar-refractivity contribution in [1.29, 1.82) is 0 Å². The van der Waals surface area contributed by atoms with Gasteiger partial charge in [-0.25, -0.2) is 0 Å². The minimum Gasteiger partial charge on any atom is -0.496 e. The number of hydrogen-bond donors (Lipinski definition) is 1. The molecule has 0 unspecified atom stereocenters. The number of anilines is 1. The number of nitrogens with zero attached hydrogens (tertiary/aromatic N) is 2. The highest BCUT2D eigenvalue weighted by atomic mass is 32.1. The third-order valence-electron chi connectivity index (χ3n) is 3.55. The lowest BCUT2D eigenvalue weighted by Crippen LogP contribution is -1.98. The molecule has 0 spiro atoms. The molecule has 0 radical (unpaired) electrons. The fourth-order valence-corrected chi connectivity index (χ4v) is 3.34. The molecule has 108 valence electrons. The van der Waals surface area contributed by atoms with Gasteiger partial charge >= 0.3 is 0 Å². The van der Waals surface area contributed by atoms with Crippen molar-refractivity contribution in [2.45, 2.75) is 6.92 Å². The van der Waals surface area contributed by atoms with E-state index < -0.39 is 0 Å². The molecule has 2 heterocycles. The summed E-state index contributed by atoms with van der Waals surface area (Å²) < 4.78 is 7.20. The van der Waals surface area contributed by atoms with Gasteiger partial charge in [0.1, 0.15) is 17.3 Å². The Balaban J connectivity index is 2.30. The number of aryl methyl sites for hydroxylation is 2. The van der Waals surface area contributed by atoms with Crippen LogP contribution in [0.15, 0.2) is 35.7 Å². The van der Waals surface area contributed by atoms with Crippen molar-refractivity contribution in [2.75, 3.05) is 12.8 Å². The average molecular weight is 299 g/mol. The van der Waals surface area contributed by atoms with E-state index in [4.69, 9.17) is 10.5 Å². The summed E-state index contributed by atoms with van der Waals surface area (Å²) in [6.45, 7) is 2.09. The van der Waals surface area contributed by atoms with Gasteiger partial charge in [0, 0.05) is 12.6 Å². The Bertz CT molecular complexity index is 789. The zero-order valence-electron chi connectivity index (χ0n) is 12.3. The number of methoxy groups -OCH3 is 1. The minimum absolute atomic E-state index is 0.641. The first-order valence-electron chi connectivity index (χ1n) is 6.63. The van der Waals surface area contributed by atoms with Crippen molar-refractivity contribution in [3.63, 3.8) is 0 Å². The number of nitrogens with two attached hydrogens (primary N) is 1. The number of hydrogen-bond acceptors (Lipinski definition) is 4. The third-order valence-corrected chi connectivity index (χ3v) is 4.57. The Morgan fingerprint density at radius 3 is 2.67 bits per heavy atom. The lowest BCUT2D eigenvalue weighted by atomic mass is 10.0. The number of benzene rings is 1. The average Bonchev–Trinajstić information content (AvgIpc) is 3.03. The van der Waals surface area contributed by atoms with Crippen molar-refractivity contribution in [3.8, 4) is 27.4 Å². The van der Waals surface area contributed by atoms with E-state index >= 15 is 0 Å². The topological polar surface area (TPSA) is 53.1 Å². The van der Waals surface area contributed by atoms with Gasteiger partial charge in [0.2, 0.25) is 0 Å². The van der Waals surface area contributed by atoms with Crippen LogP contribution in [0.25, 0.3) is 21.7 Å². The summed E-state index contributed by atoms with van der Waals surface area (Å²) in [7, 11) is 3.53. The van der Waals surface area contributed by atoms with E-state index in [1.54, 1.807) is 23.1 Å². The second kappa shape index (κ2) is 5.26. The SMILES string of the molecule is COc1ccccc1-c1c(-c2sccc2C)nn(C)c1N. The van der Waals surface area contributed by atoms with Gasteiger partial charge in [0.25, 0.3) is 0 Å². The van der Waals surface area contributed by atoms with E-state index in [9.17, 15) is 0 Å². The molecular weight excluding hydrogens is 282 g/mol. The number of rotatable bonds is 3. The predicted molar refractivity (Wildman–Crippen MR) is 87.7 cm³/mol. The van der Waals surface area contributed by atoms with Crippen LogP contribution in [0, 0.1) is 6.92 Å². The lowest BCUT2D eigenvalue weighted by Gasteiger charge is -2.09. The molecule has 0 saturated carbocycles. The van der Waals surface area contributed by atoms with E-state index in [2.05, 4.69) is 23.5 Å². The summed E-state index contributed by atoms with van der Waals surface area (Å²) in [6, 6.07) is 9.97. The summed E-state index contributed by atoms with van der Waals surface area (Å²) >= 11 is 1.67. The highest BCUT2D eigenvalue weighted by Crippen LogP contribution is 2.42. The normalized spacial score (nSPS) is 10.8. The lowest BCUT2D eigenvalue weighted by molar-refractivity contribution is 0.416. The standard InChI is InChI=1S/C16H17N3OS/c1-10-8-9-21-15(10)14-13(16(17)19(2)18-14)11-6-4-5-7-12(11)20-3/h4-9H,17H2,1-3H3. The van der Waals surface area contributed by atoms with E-state index in [-0.39, 0.29) is 0 Å². The molecule has 0 aliphatic carbocycles. The molecule has 4 nitrogen and oxygen atoms in total. The minimum atomic E-state index is 0.641. The molecule has 21 heavy (non-hydrogen) atoms. The number of para-hydroxylation sites is 1. The fraction of sp³-hybridized carbons (Fsp3) is 0.188. The van der Waals surface area contributed by atoms with Gasteiger partial charge in [0.15, 0.2) is 0 Å². The second-order valence-corrected chi connectivity index (χ2v) is 5.78. The van der Waals surface area contributed by atoms with Crippen molar-refractivity contribution in [1.82, 2.24) is 9.78 Å². The van der Waals surface area contributed by atoms with Gasteiger partial charge in [-0.15, -0.1) is 11.3 Å². The Hall–Kier alpha value is -2.27. The summed E-state index contributed by atoms with van der Waals surface area (Å²) in [5.41, 5.74) is 10.3. The monoisotopic (exact) mass is 299 g/mol. The highest BCUT2D eigenvalue weighted by Gasteiger charge is 2.21. The molecule has 0 aliphatic rings. The van der Waals surface area contributed by atoms with Crippen molar-refractivity contribution < 1.29 is 4.74 Å². The molecule has 0 saturated heterocycles. The number of ether oxygens (including phenoxy) is 1. The van der Waals surface area contributed by atoms with Crippen LogP contribution < -0.4 is 10.5 Å². The zero-order chi connectivity index (χ0) is 15.0. The van der Waals surface area contributed by atoms with Crippen LogP contribution in [0.1, 0.15) is 5.56 Å². The molecule has 0 amide bonds. The van der Waals surface area contributed by atoms with Crippen molar-refractivity contribution >= 4 is 17.2 Å². The zero-order valence-corrected chi connectivity index (χ0v) is 13.1. The third kappa shape index (κ3) is 2.19. The van der Waals surface area contributed by atoms with Crippen LogP contribution in [-0.4, -0.2) is 16.9 Å². The van der Waals surface area contributed by atoms with Gasteiger partial charge in [0.05, 0.1) is 17.6 Å². The van der Waals surface area contributed by atoms with E-state index in [1.807, 2.05) is 31.3 Å². The first-order chi connectivity index (χ1) is 10.1. The van der Waals surface area contributed by atoms with Crippen LogP contribution in [-0.2, 0) is 7.05 Å². The maximum Gasteiger partial charge on any atom is 0.130 e. The summed E-state index contributed by atoms with van der Waals surface area (Å²) in [6.07, 6.45) is 0. The second-order valence-electron chi connectivity index (χ2n) is 4.87. The Morgan fingerprint density at radius 2 is 2.00 bits per heavy atom. The molecule has 3 rings (SSSR count). The quantitative estimate of drug-likeness (QED) is 0.802. The fourth-order valence-electron chi connectivity index (χ4n) is 2.43. The summed E-state index contributed by atoms with van der Waals surface area (Å²) in [4.78, 5) is 1.14. The molecule has 5 heteroatoms. The highest BCUT2D eigenvalue weighted by molar-refractivity contribution is 7.13. The maximum atomic E-state index is 6.26. The van der Waals surface area contributed by atoms with Crippen LogP contribution in [0.4, 0.5) is 5.82 Å². The Labute approximate surface area is 127 Å². The van der Waals surface area contributed by atoms with Crippen LogP contribution in [0.5, 0.6) is 5.75 Å². The Kier molecular flexibility index (Phi) is 3.43. The van der Waals surface area contributed by atoms with Crippen LogP contribution in [0.2, 0.25) is 0 Å². The van der Waals surface area contributed by atoms with Crippen LogP contribution in [0.3, 0.4) is 0 Å². The molecule has 2 aromatic heterocycles. The molecular formula is C16H17N3OS. The number of nitrogen functional groups attached to an aromatic ring is 1. The molecule has 1 aromatic carbocycles. The molecule has 0 fully saturated rings. The largest absolute Gasteiger partial charge is 0.496 e. The van der Waals surface area contributed by atoms with E-state index in [1.165, 1.54) is 5.56 Å².